The molecule has 1 amide bonds. The molecule has 3 aromatic rings. The van der Waals surface area contributed by atoms with Crippen molar-refractivity contribution in [2.24, 2.45) is 0 Å². The molecule has 0 aromatic heterocycles. The Balaban J connectivity index is 1.78. The predicted octanol–water partition coefficient (Wildman–Crippen LogP) is 4.97. The van der Waals surface area contributed by atoms with Gasteiger partial charge in [-0.3, -0.25) is 4.79 Å². The molecule has 1 aliphatic heterocycles. The van der Waals surface area contributed by atoms with E-state index >= 15 is 0 Å². The van der Waals surface area contributed by atoms with Crippen LogP contribution in [0, 0.1) is 0 Å². The molecule has 1 atom stereocenters. The van der Waals surface area contributed by atoms with Crippen LogP contribution in [0.3, 0.4) is 0 Å². The number of anilines is 1. The van der Waals surface area contributed by atoms with Gasteiger partial charge in [0, 0.05) is 18.6 Å². The molecule has 1 aliphatic rings. The summed E-state index contributed by atoms with van der Waals surface area (Å²) >= 11 is 6.05. The van der Waals surface area contributed by atoms with Crippen LogP contribution in [0.25, 0.3) is 0 Å². The number of para-hydroxylation sites is 1. The van der Waals surface area contributed by atoms with Crippen LogP contribution in [-0.2, 0) is 16.8 Å². The molecule has 0 aliphatic carbocycles. The second-order valence-corrected chi connectivity index (χ2v) is 8.84. The van der Waals surface area contributed by atoms with Gasteiger partial charge in [-0.1, -0.05) is 72.3 Å². The number of hydrazine groups is 1. The van der Waals surface area contributed by atoms with E-state index in [1.54, 1.807) is 0 Å². The SMILES string of the molecule is CN(C)CCC1(c2ccccc2)C(=O)N(N(C)Cc2ccc(Cl)cc2)c2ccccc21. The number of carbonyl (C=O) groups is 1. The Morgan fingerprint density at radius 2 is 1.52 bits per heavy atom. The normalized spacial score (nSPS) is 18.1. The Kier molecular flexibility index (Phi) is 6.15. The number of hydrogen-bond donors (Lipinski definition) is 0. The van der Waals surface area contributed by atoms with Gasteiger partial charge in [0.1, 0.15) is 5.41 Å². The van der Waals surface area contributed by atoms with Gasteiger partial charge in [0.05, 0.1) is 5.69 Å². The number of fused-ring (bicyclic) bond motifs is 1. The van der Waals surface area contributed by atoms with Crippen LogP contribution in [0.4, 0.5) is 5.69 Å². The Morgan fingerprint density at radius 3 is 2.19 bits per heavy atom. The van der Waals surface area contributed by atoms with E-state index in [4.69, 9.17) is 11.6 Å². The summed E-state index contributed by atoms with van der Waals surface area (Å²) in [6.45, 7) is 1.42. The molecule has 4 nitrogen and oxygen atoms in total. The molecule has 160 valence electrons. The maximum absolute atomic E-state index is 14.2. The van der Waals surface area contributed by atoms with E-state index in [1.807, 2.05) is 77.7 Å². The first-order valence-corrected chi connectivity index (χ1v) is 10.9. The number of carbonyl (C=O) groups excluding carboxylic acids is 1. The smallest absolute Gasteiger partial charge is 0.256 e. The molecule has 31 heavy (non-hydrogen) atoms. The zero-order valence-electron chi connectivity index (χ0n) is 18.3. The average molecular weight is 434 g/mol. The van der Waals surface area contributed by atoms with E-state index in [2.05, 4.69) is 37.2 Å². The van der Waals surface area contributed by atoms with Crippen molar-refractivity contribution in [3.8, 4) is 0 Å². The van der Waals surface area contributed by atoms with Crippen LogP contribution >= 0.6 is 11.6 Å². The highest BCUT2D eigenvalue weighted by Gasteiger charge is 2.52. The van der Waals surface area contributed by atoms with E-state index < -0.39 is 5.41 Å². The van der Waals surface area contributed by atoms with Crippen LogP contribution in [-0.4, -0.2) is 43.5 Å². The van der Waals surface area contributed by atoms with E-state index in [0.29, 0.717) is 18.0 Å². The van der Waals surface area contributed by atoms with Crippen molar-refractivity contribution in [2.45, 2.75) is 18.4 Å². The van der Waals surface area contributed by atoms with Gasteiger partial charge in [-0.2, -0.15) is 0 Å². The Labute approximate surface area is 189 Å². The molecular formula is C26H28ClN3O. The second kappa shape index (κ2) is 8.83. The van der Waals surface area contributed by atoms with Crippen molar-refractivity contribution >= 4 is 23.2 Å². The first kappa shape index (κ1) is 21.6. The Morgan fingerprint density at radius 1 is 0.871 bits per heavy atom. The van der Waals surface area contributed by atoms with Crippen molar-refractivity contribution in [3.05, 3.63) is 101 Å². The molecular weight excluding hydrogens is 406 g/mol. The van der Waals surface area contributed by atoms with Gasteiger partial charge in [0.25, 0.3) is 5.91 Å². The largest absolute Gasteiger partial charge is 0.309 e. The van der Waals surface area contributed by atoms with Crippen LogP contribution in [0.5, 0.6) is 0 Å². The van der Waals surface area contributed by atoms with Gasteiger partial charge in [-0.15, -0.1) is 0 Å². The lowest BCUT2D eigenvalue weighted by Crippen LogP contribution is -2.49. The second-order valence-electron chi connectivity index (χ2n) is 8.40. The van der Waals surface area contributed by atoms with Gasteiger partial charge >= 0.3 is 0 Å². The summed E-state index contributed by atoms with van der Waals surface area (Å²) < 4.78 is 0. The van der Waals surface area contributed by atoms with Crippen molar-refractivity contribution in [3.63, 3.8) is 0 Å². The van der Waals surface area contributed by atoms with Gasteiger partial charge in [0.2, 0.25) is 0 Å². The summed E-state index contributed by atoms with van der Waals surface area (Å²) in [7, 11) is 6.07. The number of amides is 1. The fourth-order valence-corrected chi connectivity index (χ4v) is 4.59. The highest BCUT2D eigenvalue weighted by Crippen LogP contribution is 2.48. The summed E-state index contributed by atoms with van der Waals surface area (Å²) in [4.78, 5) is 16.4. The van der Waals surface area contributed by atoms with Crippen LogP contribution in [0.1, 0.15) is 23.1 Å². The number of nitrogens with zero attached hydrogens (tertiary/aromatic N) is 3. The van der Waals surface area contributed by atoms with E-state index in [-0.39, 0.29) is 5.91 Å². The average Bonchev–Trinajstić information content (AvgIpc) is 3.03. The zero-order chi connectivity index (χ0) is 22.0. The first-order chi connectivity index (χ1) is 14.9. The van der Waals surface area contributed by atoms with Crippen molar-refractivity contribution in [1.29, 1.82) is 0 Å². The summed E-state index contributed by atoms with van der Waals surface area (Å²) in [6, 6.07) is 26.1. The third kappa shape index (κ3) is 3.99. The third-order valence-electron chi connectivity index (χ3n) is 6.02. The molecule has 0 N–H and O–H groups in total. The standard InChI is InChI=1S/C26H28ClN3O/c1-28(2)18-17-26(21-9-5-4-6-10-21)23-11-7-8-12-24(23)30(25(26)31)29(3)19-20-13-15-22(27)16-14-20/h4-16H,17-19H2,1-3H3. The first-order valence-electron chi connectivity index (χ1n) is 10.5. The molecule has 4 rings (SSSR count). The number of hydrogen-bond acceptors (Lipinski definition) is 3. The molecule has 0 saturated carbocycles. The van der Waals surface area contributed by atoms with Gasteiger partial charge < -0.3 is 4.90 Å². The van der Waals surface area contributed by atoms with E-state index in [0.717, 1.165) is 28.9 Å². The van der Waals surface area contributed by atoms with Crippen molar-refractivity contribution < 1.29 is 4.79 Å². The molecule has 0 saturated heterocycles. The number of rotatable bonds is 7. The minimum Gasteiger partial charge on any atom is -0.309 e. The number of halogens is 1. The lowest BCUT2D eigenvalue weighted by molar-refractivity contribution is -0.124. The monoisotopic (exact) mass is 433 g/mol. The fraction of sp³-hybridized carbons (Fsp3) is 0.269. The van der Waals surface area contributed by atoms with Crippen molar-refractivity contribution in [2.75, 3.05) is 32.7 Å². The minimum absolute atomic E-state index is 0.0956. The Hall–Kier alpha value is -2.66. The van der Waals surface area contributed by atoms with Crippen molar-refractivity contribution in [1.82, 2.24) is 9.91 Å². The fourth-order valence-electron chi connectivity index (χ4n) is 4.47. The topological polar surface area (TPSA) is 26.8 Å². The maximum atomic E-state index is 14.2. The maximum Gasteiger partial charge on any atom is 0.256 e. The predicted molar refractivity (Wildman–Crippen MR) is 127 cm³/mol. The highest BCUT2D eigenvalue weighted by atomic mass is 35.5. The van der Waals surface area contributed by atoms with Crippen LogP contribution in [0.2, 0.25) is 5.02 Å². The molecule has 1 unspecified atom stereocenters. The summed E-state index contributed by atoms with van der Waals surface area (Å²) in [5.41, 5.74) is 3.44. The molecule has 0 spiro atoms. The summed E-state index contributed by atoms with van der Waals surface area (Å²) in [6.07, 6.45) is 0.713. The van der Waals surface area contributed by atoms with E-state index in [9.17, 15) is 4.79 Å². The van der Waals surface area contributed by atoms with Crippen LogP contribution in [0.15, 0.2) is 78.9 Å². The molecule has 0 radical (unpaired) electrons. The van der Waals surface area contributed by atoms with E-state index in [1.165, 1.54) is 0 Å². The van der Waals surface area contributed by atoms with Gasteiger partial charge in [0.15, 0.2) is 0 Å². The third-order valence-corrected chi connectivity index (χ3v) is 6.27. The zero-order valence-corrected chi connectivity index (χ0v) is 19.0. The van der Waals surface area contributed by atoms with Gasteiger partial charge in [-0.05, 0) is 62.0 Å². The molecule has 1 heterocycles. The summed E-state index contributed by atoms with van der Waals surface area (Å²) in [5, 5.41) is 4.57. The lowest BCUT2D eigenvalue weighted by Gasteiger charge is -2.33. The molecule has 3 aromatic carbocycles. The molecule has 5 heteroatoms. The van der Waals surface area contributed by atoms with Gasteiger partial charge in [-0.25, -0.2) is 10.0 Å². The lowest BCUT2D eigenvalue weighted by atomic mass is 9.73. The van der Waals surface area contributed by atoms with Crippen LogP contribution < -0.4 is 5.01 Å². The molecule has 0 bridgehead atoms. The number of benzene rings is 3. The quantitative estimate of drug-likeness (QED) is 0.526. The Bertz CT molecular complexity index is 1050. The summed E-state index contributed by atoms with van der Waals surface area (Å²) in [5.74, 6) is 0.0956. The minimum atomic E-state index is -0.712. The molecule has 0 fully saturated rings. The highest BCUT2D eigenvalue weighted by molar-refractivity contribution is 6.30.